The van der Waals surface area contributed by atoms with Gasteiger partial charge in [0.15, 0.2) is 0 Å². The maximum Gasteiger partial charge on any atom is 0.433 e. The van der Waals surface area contributed by atoms with Gasteiger partial charge in [-0.1, -0.05) is 0 Å². The first-order valence-corrected chi connectivity index (χ1v) is 8.81. The normalized spacial score (nSPS) is 23.2. The van der Waals surface area contributed by atoms with Crippen LogP contribution in [0.15, 0.2) is 12.1 Å². The van der Waals surface area contributed by atoms with Crippen LogP contribution in [-0.4, -0.2) is 59.2 Å². The lowest BCUT2D eigenvalue weighted by atomic mass is 9.98. The number of amides is 1. The first-order chi connectivity index (χ1) is 12.3. The largest absolute Gasteiger partial charge is 0.433 e. The zero-order valence-electron chi connectivity index (χ0n) is 14.4. The quantitative estimate of drug-likeness (QED) is 0.843. The third-order valence-electron chi connectivity index (χ3n) is 5.14. The van der Waals surface area contributed by atoms with Crippen molar-refractivity contribution in [2.24, 2.45) is 5.73 Å². The highest BCUT2D eigenvalue weighted by atomic mass is 19.4. The Kier molecular flexibility index (Phi) is 5.38. The number of nitrogens with two attached hydrogens (primary N) is 1. The highest BCUT2D eigenvalue weighted by Gasteiger charge is 2.35. The fourth-order valence-electron chi connectivity index (χ4n) is 3.80. The Morgan fingerprint density at radius 3 is 2.46 bits per heavy atom. The van der Waals surface area contributed by atoms with E-state index in [9.17, 15) is 23.1 Å². The Labute approximate surface area is 149 Å². The summed E-state index contributed by atoms with van der Waals surface area (Å²) in [5.41, 5.74) is 4.29. The van der Waals surface area contributed by atoms with Crippen LogP contribution in [0.3, 0.4) is 0 Å². The fraction of sp³-hybridized carbons (Fsp3) is 0.647. The Hall–Kier alpha value is -1.87. The van der Waals surface area contributed by atoms with Crippen molar-refractivity contribution < 1.29 is 23.1 Å². The molecule has 2 saturated heterocycles. The number of aliphatic hydroxyl groups is 1. The number of carbonyl (C=O) groups is 1. The van der Waals surface area contributed by atoms with Gasteiger partial charge in [-0.2, -0.15) is 13.2 Å². The van der Waals surface area contributed by atoms with Crippen LogP contribution in [-0.2, 0) is 6.18 Å². The van der Waals surface area contributed by atoms with Gasteiger partial charge >= 0.3 is 6.18 Å². The average Bonchev–Trinajstić information content (AvgIpc) is 2.60. The van der Waals surface area contributed by atoms with E-state index in [0.29, 0.717) is 19.6 Å². The summed E-state index contributed by atoms with van der Waals surface area (Å²) in [6.07, 6.45) is -1.65. The van der Waals surface area contributed by atoms with Crippen molar-refractivity contribution in [3.8, 4) is 0 Å². The number of nitrogens with zero attached hydrogens (tertiary/aromatic N) is 3. The van der Waals surface area contributed by atoms with Gasteiger partial charge in [-0.25, -0.2) is 4.98 Å². The van der Waals surface area contributed by atoms with E-state index in [1.165, 1.54) is 0 Å². The molecule has 0 aromatic carbocycles. The van der Waals surface area contributed by atoms with E-state index in [2.05, 4.69) is 9.88 Å². The van der Waals surface area contributed by atoms with Crippen LogP contribution >= 0.6 is 0 Å². The topological polar surface area (TPSA) is 82.7 Å². The Morgan fingerprint density at radius 2 is 1.88 bits per heavy atom. The molecule has 0 unspecified atom stereocenters. The minimum atomic E-state index is -4.58. The number of primary amides is 1. The Bertz CT molecular complexity index is 660. The van der Waals surface area contributed by atoms with Gasteiger partial charge in [0.25, 0.3) is 5.91 Å². The van der Waals surface area contributed by atoms with Crippen LogP contribution in [0.4, 0.5) is 19.0 Å². The number of pyridine rings is 1. The van der Waals surface area contributed by atoms with Gasteiger partial charge in [0, 0.05) is 25.7 Å². The van der Waals surface area contributed by atoms with Crippen LogP contribution in [0.25, 0.3) is 0 Å². The number of rotatable bonds is 3. The molecule has 1 aromatic heterocycles. The lowest BCUT2D eigenvalue weighted by molar-refractivity contribution is -0.141. The van der Waals surface area contributed by atoms with Gasteiger partial charge in [0.2, 0.25) is 0 Å². The first-order valence-electron chi connectivity index (χ1n) is 8.81. The summed E-state index contributed by atoms with van der Waals surface area (Å²) < 4.78 is 38.9. The molecule has 26 heavy (non-hydrogen) atoms. The zero-order valence-corrected chi connectivity index (χ0v) is 14.4. The highest BCUT2D eigenvalue weighted by Crippen LogP contribution is 2.32. The third-order valence-corrected chi connectivity index (χ3v) is 5.14. The number of hydrogen-bond donors (Lipinski definition) is 2. The number of halogens is 3. The van der Waals surface area contributed by atoms with E-state index < -0.39 is 17.8 Å². The van der Waals surface area contributed by atoms with E-state index in [0.717, 1.165) is 44.4 Å². The summed E-state index contributed by atoms with van der Waals surface area (Å²) in [7, 11) is 0. The van der Waals surface area contributed by atoms with E-state index in [1.807, 2.05) is 0 Å². The molecule has 9 heteroatoms. The maximum absolute atomic E-state index is 13.0. The molecule has 2 aliphatic heterocycles. The molecular formula is C17H23F3N4O2. The van der Waals surface area contributed by atoms with Crippen LogP contribution < -0.4 is 10.6 Å². The number of hydrogen-bond acceptors (Lipinski definition) is 5. The van der Waals surface area contributed by atoms with Crippen molar-refractivity contribution in [3.05, 3.63) is 23.4 Å². The number of likely N-dealkylation sites (tertiary alicyclic amines) is 1. The first kappa shape index (κ1) is 18.9. The molecule has 1 amide bonds. The molecule has 0 bridgehead atoms. The maximum atomic E-state index is 13.0. The predicted octanol–water partition coefficient (Wildman–Crippen LogP) is 1.62. The molecule has 0 radical (unpaired) electrons. The van der Waals surface area contributed by atoms with E-state index >= 15 is 0 Å². The summed E-state index contributed by atoms with van der Waals surface area (Å²) in [4.78, 5) is 19.2. The summed E-state index contributed by atoms with van der Waals surface area (Å²) in [6, 6.07) is 2.16. The number of alkyl halides is 3. The minimum Gasteiger partial charge on any atom is -0.392 e. The predicted molar refractivity (Wildman–Crippen MR) is 89.8 cm³/mol. The standard InChI is InChI=1S/C17H23F3N4O2/c18-17(19,20)14-4-3-13(15(21)26)16(22-14)23-8-5-11(6-9-23)24-7-1-2-12(25)10-24/h3-4,11-12,25H,1-2,5-10H2,(H2,21,26)/t12-/m1/s1. The van der Waals surface area contributed by atoms with Crippen molar-refractivity contribution in [2.45, 2.75) is 44.0 Å². The molecule has 0 saturated carbocycles. The molecule has 3 N–H and O–H groups in total. The molecule has 6 nitrogen and oxygen atoms in total. The molecule has 0 aliphatic carbocycles. The van der Waals surface area contributed by atoms with Crippen LogP contribution in [0.1, 0.15) is 41.7 Å². The number of carbonyl (C=O) groups excluding carboxylic acids is 1. The second-order valence-electron chi connectivity index (χ2n) is 6.94. The molecule has 144 valence electrons. The zero-order chi connectivity index (χ0) is 18.9. The summed E-state index contributed by atoms with van der Waals surface area (Å²) in [6.45, 7) is 2.55. The minimum absolute atomic E-state index is 0.00412. The number of β-amino-alcohol motifs (C(OH)–C–C–N with tert-alkyl or cyclic N) is 1. The fourth-order valence-corrected chi connectivity index (χ4v) is 3.80. The molecule has 3 heterocycles. The van der Waals surface area contributed by atoms with Crippen molar-refractivity contribution in [3.63, 3.8) is 0 Å². The molecular weight excluding hydrogens is 349 g/mol. The van der Waals surface area contributed by atoms with Gasteiger partial charge in [-0.15, -0.1) is 0 Å². The summed E-state index contributed by atoms with van der Waals surface area (Å²) in [5, 5.41) is 9.82. The molecule has 3 rings (SSSR count). The van der Waals surface area contributed by atoms with Gasteiger partial charge in [0.05, 0.1) is 11.7 Å². The molecule has 2 fully saturated rings. The van der Waals surface area contributed by atoms with Crippen molar-refractivity contribution in [1.82, 2.24) is 9.88 Å². The number of piperidine rings is 2. The van der Waals surface area contributed by atoms with Crippen molar-refractivity contribution in [1.29, 1.82) is 0 Å². The summed E-state index contributed by atoms with van der Waals surface area (Å²) in [5.74, 6) is -0.785. The average molecular weight is 372 g/mol. The van der Waals surface area contributed by atoms with Crippen molar-refractivity contribution >= 4 is 11.7 Å². The second-order valence-corrected chi connectivity index (χ2v) is 6.94. The van der Waals surface area contributed by atoms with Gasteiger partial charge in [-0.3, -0.25) is 9.69 Å². The molecule has 0 spiro atoms. The molecule has 1 aromatic rings. The highest BCUT2D eigenvalue weighted by molar-refractivity contribution is 5.97. The van der Waals surface area contributed by atoms with Crippen LogP contribution in [0.5, 0.6) is 0 Å². The third kappa shape index (κ3) is 4.09. The van der Waals surface area contributed by atoms with Gasteiger partial charge in [0.1, 0.15) is 11.5 Å². The van der Waals surface area contributed by atoms with E-state index in [-0.39, 0.29) is 23.5 Å². The van der Waals surface area contributed by atoms with Crippen molar-refractivity contribution in [2.75, 3.05) is 31.1 Å². The SMILES string of the molecule is NC(=O)c1ccc(C(F)(F)F)nc1N1CCC(N2CCC[C@@H](O)C2)CC1. The molecule has 2 aliphatic rings. The van der Waals surface area contributed by atoms with Crippen LogP contribution in [0, 0.1) is 0 Å². The van der Waals surface area contributed by atoms with E-state index in [4.69, 9.17) is 5.73 Å². The lowest BCUT2D eigenvalue weighted by Crippen LogP contribution is -2.50. The number of aromatic nitrogens is 1. The Balaban J connectivity index is 1.74. The number of anilines is 1. The van der Waals surface area contributed by atoms with Gasteiger partial charge < -0.3 is 15.7 Å². The molecule has 1 atom stereocenters. The van der Waals surface area contributed by atoms with E-state index in [1.54, 1.807) is 4.90 Å². The lowest BCUT2D eigenvalue weighted by Gasteiger charge is -2.42. The second kappa shape index (κ2) is 7.40. The Morgan fingerprint density at radius 1 is 1.19 bits per heavy atom. The number of aliphatic hydroxyl groups excluding tert-OH is 1. The van der Waals surface area contributed by atoms with Crippen LogP contribution in [0.2, 0.25) is 0 Å². The van der Waals surface area contributed by atoms with Gasteiger partial charge in [-0.05, 0) is 44.4 Å². The smallest absolute Gasteiger partial charge is 0.392 e. The monoisotopic (exact) mass is 372 g/mol. The summed E-state index contributed by atoms with van der Waals surface area (Å²) >= 11 is 0.